The fraction of sp³-hybridized carbons (Fsp3) is 0.120. The Kier molecular flexibility index (Phi) is 2.48. The quantitative estimate of drug-likeness (QED) is 0.321. The van der Waals surface area contributed by atoms with Crippen LogP contribution in [0.3, 0.4) is 0 Å². The molecule has 0 saturated carbocycles. The number of hydrogen-bond donors (Lipinski definition) is 1. The van der Waals surface area contributed by atoms with E-state index in [0.717, 1.165) is 0 Å². The van der Waals surface area contributed by atoms with Gasteiger partial charge in [-0.25, -0.2) is 0 Å². The molecule has 1 aliphatic rings. The van der Waals surface area contributed by atoms with Crippen LogP contribution in [-0.4, -0.2) is 4.98 Å². The van der Waals surface area contributed by atoms with Gasteiger partial charge in [-0.2, -0.15) is 0 Å². The first-order chi connectivity index (χ1) is 12.6. The van der Waals surface area contributed by atoms with Crippen LogP contribution in [0.1, 0.15) is 25.0 Å². The number of fused-ring (bicyclic) bond motifs is 7. The summed E-state index contributed by atoms with van der Waals surface area (Å²) in [5.41, 5.74) is 8.08. The monoisotopic (exact) mass is 333 g/mol. The lowest BCUT2D eigenvalue weighted by Crippen LogP contribution is -2.14. The van der Waals surface area contributed by atoms with Crippen molar-refractivity contribution >= 4 is 32.6 Å². The van der Waals surface area contributed by atoms with Crippen LogP contribution >= 0.6 is 0 Å². The minimum Gasteiger partial charge on any atom is -0.355 e. The topological polar surface area (TPSA) is 15.8 Å². The molecule has 0 atom stereocenters. The van der Waals surface area contributed by atoms with E-state index < -0.39 is 0 Å². The predicted octanol–water partition coefficient (Wildman–Crippen LogP) is 6.78. The van der Waals surface area contributed by atoms with Gasteiger partial charge in [0.2, 0.25) is 0 Å². The number of hydrogen-bond acceptors (Lipinski definition) is 0. The maximum absolute atomic E-state index is 3.60. The molecule has 0 amide bonds. The summed E-state index contributed by atoms with van der Waals surface area (Å²) in [7, 11) is 0. The maximum Gasteiger partial charge on any atom is 0.0468 e. The van der Waals surface area contributed by atoms with E-state index in [2.05, 4.69) is 91.6 Å². The van der Waals surface area contributed by atoms with Gasteiger partial charge in [-0.05, 0) is 63.4 Å². The normalized spacial score (nSPS) is 14.8. The molecule has 124 valence electrons. The summed E-state index contributed by atoms with van der Waals surface area (Å²) >= 11 is 0. The van der Waals surface area contributed by atoms with Gasteiger partial charge in [-0.1, -0.05) is 56.3 Å². The second kappa shape index (κ2) is 4.56. The Morgan fingerprint density at radius 1 is 0.615 bits per heavy atom. The standard InChI is InChI=1S/C25H19N/c1-25(2)21-12-16-8-4-3-7-15(16)11-18(21)19-13-20-17-9-5-6-10-23(17)26-24(20)14-22(19)25/h3-14,26H,1-2H3. The van der Waals surface area contributed by atoms with Crippen molar-refractivity contribution in [2.75, 3.05) is 0 Å². The molecule has 4 aromatic carbocycles. The van der Waals surface area contributed by atoms with Gasteiger partial charge in [0.25, 0.3) is 0 Å². The molecule has 1 N–H and O–H groups in total. The molecule has 6 rings (SSSR count). The van der Waals surface area contributed by atoms with Gasteiger partial charge in [0.15, 0.2) is 0 Å². The fourth-order valence-electron chi connectivity index (χ4n) is 4.76. The first kappa shape index (κ1) is 14.1. The van der Waals surface area contributed by atoms with Gasteiger partial charge < -0.3 is 4.98 Å². The van der Waals surface area contributed by atoms with Crippen LogP contribution in [0, 0.1) is 0 Å². The lowest BCUT2D eigenvalue weighted by atomic mass is 9.81. The van der Waals surface area contributed by atoms with Crippen LogP contribution in [0.25, 0.3) is 43.7 Å². The molecule has 1 aliphatic carbocycles. The molecule has 0 saturated heterocycles. The number of rotatable bonds is 0. The highest BCUT2D eigenvalue weighted by molar-refractivity contribution is 6.10. The number of para-hydroxylation sites is 1. The fourth-order valence-corrected chi connectivity index (χ4v) is 4.76. The lowest BCUT2D eigenvalue weighted by molar-refractivity contribution is 0.662. The number of benzene rings is 4. The van der Waals surface area contributed by atoms with E-state index >= 15 is 0 Å². The van der Waals surface area contributed by atoms with Crippen molar-refractivity contribution in [3.05, 3.63) is 83.9 Å². The first-order valence-electron chi connectivity index (χ1n) is 9.21. The number of nitrogens with one attached hydrogen (secondary N) is 1. The molecule has 26 heavy (non-hydrogen) atoms. The smallest absolute Gasteiger partial charge is 0.0468 e. The van der Waals surface area contributed by atoms with Crippen molar-refractivity contribution in [3.8, 4) is 11.1 Å². The summed E-state index contributed by atoms with van der Waals surface area (Å²) in [6, 6.07) is 26.8. The van der Waals surface area contributed by atoms with E-state index in [9.17, 15) is 0 Å². The van der Waals surface area contributed by atoms with Crippen molar-refractivity contribution in [2.24, 2.45) is 0 Å². The largest absolute Gasteiger partial charge is 0.355 e. The minimum atomic E-state index is 0.0141. The zero-order chi connectivity index (χ0) is 17.5. The van der Waals surface area contributed by atoms with Crippen LogP contribution in [0.2, 0.25) is 0 Å². The lowest BCUT2D eigenvalue weighted by Gasteiger charge is -2.21. The van der Waals surface area contributed by atoms with Gasteiger partial charge in [-0.15, -0.1) is 0 Å². The van der Waals surface area contributed by atoms with E-state index in [-0.39, 0.29) is 5.41 Å². The second-order valence-corrected chi connectivity index (χ2v) is 7.98. The highest BCUT2D eigenvalue weighted by atomic mass is 14.7. The summed E-state index contributed by atoms with van der Waals surface area (Å²) < 4.78 is 0. The van der Waals surface area contributed by atoms with E-state index in [1.807, 2.05) is 0 Å². The minimum absolute atomic E-state index is 0.0141. The average Bonchev–Trinajstić information content (AvgIpc) is 3.12. The molecular weight excluding hydrogens is 314 g/mol. The second-order valence-electron chi connectivity index (χ2n) is 7.98. The molecule has 0 aliphatic heterocycles. The van der Waals surface area contributed by atoms with Crippen LogP contribution in [0.4, 0.5) is 0 Å². The zero-order valence-corrected chi connectivity index (χ0v) is 14.9. The highest BCUT2D eigenvalue weighted by Gasteiger charge is 2.36. The average molecular weight is 333 g/mol. The summed E-state index contributed by atoms with van der Waals surface area (Å²) in [6.07, 6.45) is 0. The van der Waals surface area contributed by atoms with Crippen molar-refractivity contribution in [1.82, 2.24) is 4.98 Å². The van der Waals surface area contributed by atoms with Crippen molar-refractivity contribution in [1.29, 1.82) is 0 Å². The molecule has 1 heteroatoms. The maximum atomic E-state index is 3.60. The van der Waals surface area contributed by atoms with Gasteiger partial charge in [0, 0.05) is 27.2 Å². The Bertz CT molecular complexity index is 1350. The van der Waals surface area contributed by atoms with Crippen molar-refractivity contribution in [2.45, 2.75) is 19.3 Å². The molecule has 0 spiro atoms. The highest BCUT2D eigenvalue weighted by Crippen LogP contribution is 2.51. The number of aromatic amines is 1. The summed E-state index contributed by atoms with van der Waals surface area (Å²) in [6.45, 7) is 4.70. The van der Waals surface area contributed by atoms with Gasteiger partial charge >= 0.3 is 0 Å². The SMILES string of the molecule is CC1(C)c2cc3ccccc3cc2-c2cc3c(cc21)[nH]c1ccccc13. The van der Waals surface area contributed by atoms with Gasteiger partial charge in [-0.3, -0.25) is 0 Å². The first-order valence-corrected chi connectivity index (χ1v) is 9.21. The Morgan fingerprint density at radius 3 is 2.12 bits per heavy atom. The molecule has 0 fully saturated rings. The molecule has 0 radical (unpaired) electrons. The van der Waals surface area contributed by atoms with E-state index in [1.54, 1.807) is 0 Å². The molecule has 1 heterocycles. The Balaban J connectivity index is 1.76. The van der Waals surface area contributed by atoms with Crippen LogP contribution in [-0.2, 0) is 5.41 Å². The van der Waals surface area contributed by atoms with Crippen LogP contribution in [0.15, 0.2) is 72.8 Å². The Labute approximate surface area is 152 Å². The molecule has 1 nitrogen and oxygen atoms in total. The molecule has 5 aromatic rings. The van der Waals surface area contributed by atoms with Gasteiger partial charge in [0.1, 0.15) is 0 Å². The summed E-state index contributed by atoms with van der Waals surface area (Å²) in [4.78, 5) is 3.60. The van der Waals surface area contributed by atoms with E-state index in [0.29, 0.717) is 0 Å². The third kappa shape index (κ3) is 1.65. The van der Waals surface area contributed by atoms with Crippen LogP contribution < -0.4 is 0 Å². The van der Waals surface area contributed by atoms with Crippen LogP contribution in [0.5, 0.6) is 0 Å². The Morgan fingerprint density at radius 2 is 1.27 bits per heavy atom. The van der Waals surface area contributed by atoms with Crippen molar-refractivity contribution < 1.29 is 0 Å². The van der Waals surface area contributed by atoms with E-state index in [4.69, 9.17) is 0 Å². The molecular formula is C25H19N. The van der Waals surface area contributed by atoms with Crippen molar-refractivity contribution in [3.63, 3.8) is 0 Å². The number of aromatic nitrogens is 1. The summed E-state index contributed by atoms with van der Waals surface area (Å²) in [5, 5.41) is 5.26. The molecule has 1 aromatic heterocycles. The zero-order valence-electron chi connectivity index (χ0n) is 14.9. The number of H-pyrrole nitrogens is 1. The molecule has 0 bridgehead atoms. The van der Waals surface area contributed by atoms with E-state index in [1.165, 1.54) is 54.8 Å². The third-order valence-electron chi connectivity index (χ3n) is 6.17. The third-order valence-corrected chi connectivity index (χ3v) is 6.17. The summed E-state index contributed by atoms with van der Waals surface area (Å²) in [5.74, 6) is 0. The predicted molar refractivity (Wildman–Crippen MR) is 111 cm³/mol. The Hall–Kier alpha value is -3.06. The van der Waals surface area contributed by atoms with Gasteiger partial charge in [0.05, 0.1) is 0 Å². The molecule has 0 unspecified atom stereocenters.